The van der Waals surface area contributed by atoms with Crippen molar-refractivity contribution in [2.24, 2.45) is 0 Å². The van der Waals surface area contributed by atoms with Gasteiger partial charge in [0.25, 0.3) is 0 Å². The van der Waals surface area contributed by atoms with Crippen molar-refractivity contribution in [3.05, 3.63) is 0 Å². The number of Topliss-reactive ketones (excluding diaryl/α,β-unsaturated/α-hetero) is 1. The van der Waals surface area contributed by atoms with E-state index in [0.29, 0.717) is 0 Å². The number of ketones is 1. The maximum atomic E-state index is 10.5. The van der Waals surface area contributed by atoms with Gasteiger partial charge in [-0.2, -0.15) is 0 Å². The number of carbonyl (C=O) groups is 1. The summed E-state index contributed by atoms with van der Waals surface area (Å²) in [5, 5.41) is 43.1. The first-order valence-electron chi connectivity index (χ1n) is 3.33. The van der Waals surface area contributed by atoms with Crippen LogP contribution in [0.15, 0.2) is 0 Å². The summed E-state index contributed by atoms with van der Waals surface area (Å²) in [7, 11) is 0. The van der Waals surface area contributed by atoms with E-state index in [9.17, 15) is 4.79 Å². The molecule has 0 heterocycles. The van der Waals surface area contributed by atoms with Crippen LogP contribution in [0.5, 0.6) is 0 Å². The normalized spacial score (nSPS) is 17.0. The van der Waals surface area contributed by atoms with Gasteiger partial charge < -0.3 is 25.5 Å². The van der Waals surface area contributed by atoms with Gasteiger partial charge in [0.1, 0.15) is 24.9 Å². The van der Waals surface area contributed by atoms with Gasteiger partial charge in [0.05, 0.1) is 6.61 Å². The Balaban J connectivity index is 0. The summed E-state index contributed by atoms with van der Waals surface area (Å²) in [5.41, 5.74) is 0. The van der Waals surface area contributed by atoms with Crippen LogP contribution >= 0.6 is 0 Å². The Labute approximate surface area is 118 Å². The first-order valence-corrected chi connectivity index (χ1v) is 3.33. The van der Waals surface area contributed by atoms with Crippen LogP contribution in [0.2, 0.25) is 0 Å². The molecule has 13 heavy (non-hydrogen) atoms. The zero-order valence-corrected chi connectivity index (χ0v) is 6.29. The molecule has 0 aromatic rings. The van der Waals surface area contributed by atoms with Crippen LogP contribution in [-0.2, 0) is 4.79 Å². The van der Waals surface area contributed by atoms with Crippen molar-refractivity contribution < 1.29 is 30.3 Å². The average Bonchev–Trinajstić information content (AvgIpc) is 2.12. The van der Waals surface area contributed by atoms with Gasteiger partial charge in [0, 0.05) is 0 Å². The van der Waals surface area contributed by atoms with Crippen molar-refractivity contribution >= 4 is 57.2 Å². The molecule has 3 atom stereocenters. The second-order valence-electron chi connectivity index (χ2n) is 2.31. The molecule has 5 N–H and O–H groups in total. The first kappa shape index (κ1) is 16.5. The molecule has 0 aromatic carbocycles. The molecule has 0 aliphatic rings. The molecule has 0 amide bonds. The van der Waals surface area contributed by atoms with Crippen molar-refractivity contribution in [3.8, 4) is 0 Å². The molecule has 0 aromatic heterocycles. The molecular formula is C6H13KO6. The molecule has 0 spiro atoms. The second kappa shape index (κ2) is 8.42. The van der Waals surface area contributed by atoms with E-state index in [1.54, 1.807) is 0 Å². The molecule has 0 saturated carbocycles. The van der Waals surface area contributed by atoms with Crippen LogP contribution < -0.4 is 0 Å². The Bertz CT molecular complexity index is 152. The van der Waals surface area contributed by atoms with Crippen LogP contribution in [0.3, 0.4) is 0 Å². The monoisotopic (exact) mass is 220 g/mol. The van der Waals surface area contributed by atoms with Crippen LogP contribution in [0, 0.1) is 0 Å². The van der Waals surface area contributed by atoms with E-state index in [1.807, 2.05) is 0 Å². The molecule has 0 aliphatic heterocycles. The Morgan fingerprint density at radius 2 is 1.62 bits per heavy atom. The van der Waals surface area contributed by atoms with Gasteiger partial charge in [-0.25, -0.2) is 0 Å². The van der Waals surface area contributed by atoms with Gasteiger partial charge in [-0.05, 0) is 0 Å². The molecular weight excluding hydrogens is 207 g/mol. The average molecular weight is 220 g/mol. The predicted molar refractivity (Wildman–Crippen MR) is 44.3 cm³/mol. The Morgan fingerprint density at radius 3 is 1.92 bits per heavy atom. The minimum absolute atomic E-state index is 0. The minimum atomic E-state index is -1.86. The Hall–Kier alpha value is 1.11. The van der Waals surface area contributed by atoms with Crippen LogP contribution in [0.25, 0.3) is 0 Å². The van der Waals surface area contributed by atoms with Crippen molar-refractivity contribution in [1.82, 2.24) is 0 Å². The molecule has 0 radical (unpaired) electrons. The quantitative estimate of drug-likeness (QED) is 0.301. The van der Waals surface area contributed by atoms with Crippen molar-refractivity contribution in [2.75, 3.05) is 13.2 Å². The number of aliphatic hydroxyl groups excluding tert-OH is 5. The summed E-state index contributed by atoms with van der Waals surface area (Å²) in [4.78, 5) is 10.5. The first-order chi connectivity index (χ1) is 5.54. The van der Waals surface area contributed by atoms with E-state index in [0.717, 1.165) is 0 Å². The van der Waals surface area contributed by atoms with Crippen molar-refractivity contribution in [1.29, 1.82) is 0 Å². The predicted octanol–water partition coefficient (Wildman–Crippen LogP) is -4.03. The van der Waals surface area contributed by atoms with E-state index in [2.05, 4.69) is 0 Å². The standard InChI is InChI=1S/C6H12O6.K.H/c7-1-3(9)5(11)6(12)4(10)2-8;;/h3,5-9,11-12H,1-2H2;;/t3-,5+,6+;;/m1../s1. The van der Waals surface area contributed by atoms with Gasteiger partial charge in [0.2, 0.25) is 0 Å². The fourth-order valence-corrected chi connectivity index (χ4v) is 0.602. The van der Waals surface area contributed by atoms with Gasteiger partial charge >= 0.3 is 51.4 Å². The van der Waals surface area contributed by atoms with Crippen LogP contribution in [0.4, 0.5) is 0 Å². The summed E-state index contributed by atoms with van der Waals surface area (Å²) < 4.78 is 0. The summed E-state index contributed by atoms with van der Waals surface area (Å²) in [6.45, 7) is -1.69. The van der Waals surface area contributed by atoms with E-state index >= 15 is 0 Å². The SMILES string of the molecule is O=C(CO)[C@H](O)[C@@H](O)[C@H](O)CO.[KH]. The summed E-state index contributed by atoms with van der Waals surface area (Å²) in [6, 6.07) is 0. The van der Waals surface area contributed by atoms with Crippen molar-refractivity contribution in [3.63, 3.8) is 0 Å². The molecule has 0 bridgehead atoms. The molecule has 0 fully saturated rings. The van der Waals surface area contributed by atoms with E-state index in [1.165, 1.54) is 0 Å². The van der Waals surface area contributed by atoms with Gasteiger partial charge in [-0.15, -0.1) is 0 Å². The topological polar surface area (TPSA) is 118 Å². The number of rotatable bonds is 5. The molecule has 6 nitrogen and oxygen atoms in total. The third-order valence-corrected chi connectivity index (χ3v) is 1.39. The number of carbonyl (C=O) groups excluding carboxylic acids is 1. The fourth-order valence-electron chi connectivity index (χ4n) is 0.602. The molecule has 7 heteroatoms. The molecule has 0 rings (SSSR count). The molecule has 0 saturated heterocycles. The Kier molecular flexibility index (Phi) is 10.7. The van der Waals surface area contributed by atoms with E-state index < -0.39 is 37.3 Å². The van der Waals surface area contributed by atoms with Crippen molar-refractivity contribution in [2.45, 2.75) is 18.3 Å². The van der Waals surface area contributed by atoms with Crippen LogP contribution in [0.1, 0.15) is 0 Å². The summed E-state index contributed by atoms with van der Waals surface area (Å²) in [6.07, 6.45) is -5.22. The second-order valence-corrected chi connectivity index (χ2v) is 2.31. The summed E-state index contributed by atoms with van der Waals surface area (Å²) in [5.74, 6) is -1.00. The molecule has 0 aliphatic carbocycles. The number of hydrogen-bond acceptors (Lipinski definition) is 6. The molecule has 0 unspecified atom stereocenters. The van der Waals surface area contributed by atoms with Crippen LogP contribution in [-0.4, -0.2) is 114 Å². The van der Waals surface area contributed by atoms with E-state index in [-0.39, 0.29) is 51.4 Å². The third kappa shape index (κ3) is 5.52. The zero-order valence-electron chi connectivity index (χ0n) is 6.29. The van der Waals surface area contributed by atoms with Gasteiger partial charge in [0.15, 0.2) is 5.78 Å². The third-order valence-electron chi connectivity index (χ3n) is 1.39. The summed E-state index contributed by atoms with van der Waals surface area (Å²) >= 11 is 0. The fraction of sp³-hybridized carbons (Fsp3) is 0.833. The maximum absolute atomic E-state index is 10.5. The number of hydrogen-bond donors (Lipinski definition) is 5. The van der Waals surface area contributed by atoms with E-state index in [4.69, 9.17) is 25.5 Å². The Morgan fingerprint density at radius 1 is 1.15 bits per heavy atom. The number of aliphatic hydroxyl groups is 5. The molecule has 74 valence electrons. The zero-order chi connectivity index (χ0) is 9.72. The van der Waals surface area contributed by atoms with Gasteiger partial charge in [-0.3, -0.25) is 4.79 Å². The van der Waals surface area contributed by atoms with Gasteiger partial charge in [-0.1, -0.05) is 0 Å².